The highest BCUT2D eigenvalue weighted by molar-refractivity contribution is 5.80. The van der Waals surface area contributed by atoms with E-state index >= 15 is 0 Å². The van der Waals surface area contributed by atoms with E-state index in [1.807, 2.05) is 11.8 Å². The molecule has 0 bridgehead atoms. The number of hydrogen-bond donors (Lipinski definition) is 0. The molecule has 0 unspecified atom stereocenters. The number of hydrogen-bond acceptors (Lipinski definition) is 5. The number of rotatable bonds is 6. The van der Waals surface area contributed by atoms with E-state index in [-0.39, 0.29) is 5.92 Å². The van der Waals surface area contributed by atoms with Crippen LogP contribution in [0.2, 0.25) is 0 Å². The summed E-state index contributed by atoms with van der Waals surface area (Å²) in [5, 5.41) is 0. The Kier molecular flexibility index (Phi) is 6.32. The summed E-state index contributed by atoms with van der Waals surface area (Å²) in [6.45, 7) is 7.66. The molecule has 1 amide bonds. The Labute approximate surface area is 179 Å². The van der Waals surface area contributed by atoms with Gasteiger partial charge in [-0.15, -0.1) is 0 Å². The van der Waals surface area contributed by atoms with E-state index in [0.29, 0.717) is 12.5 Å². The van der Waals surface area contributed by atoms with Crippen LogP contribution in [0.3, 0.4) is 0 Å². The van der Waals surface area contributed by atoms with Gasteiger partial charge in [0.05, 0.1) is 12.3 Å². The van der Waals surface area contributed by atoms with E-state index in [2.05, 4.69) is 41.1 Å². The van der Waals surface area contributed by atoms with Gasteiger partial charge in [-0.3, -0.25) is 4.79 Å². The molecule has 2 heterocycles. The summed E-state index contributed by atoms with van der Waals surface area (Å²) in [4.78, 5) is 26.5. The molecule has 1 aromatic carbocycles. The molecule has 0 atom stereocenters. The van der Waals surface area contributed by atoms with E-state index in [4.69, 9.17) is 9.72 Å². The number of ether oxygens (including phenoxy) is 1. The molecule has 2 aromatic rings. The summed E-state index contributed by atoms with van der Waals surface area (Å²) >= 11 is 0. The van der Waals surface area contributed by atoms with Crippen molar-refractivity contribution in [3.63, 3.8) is 0 Å². The molecule has 30 heavy (non-hydrogen) atoms. The van der Waals surface area contributed by atoms with Gasteiger partial charge in [0, 0.05) is 51.2 Å². The van der Waals surface area contributed by atoms with Crippen LogP contribution in [0, 0.1) is 19.8 Å². The average Bonchev–Trinajstić information content (AvgIpc) is 2.70. The quantitative estimate of drug-likeness (QED) is 0.734. The van der Waals surface area contributed by atoms with E-state index in [0.717, 1.165) is 68.3 Å². The number of methoxy groups -OCH3 is 1. The van der Waals surface area contributed by atoms with Crippen LogP contribution in [0.5, 0.6) is 0 Å². The van der Waals surface area contributed by atoms with E-state index in [1.165, 1.54) is 17.5 Å². The molecule has 0 spiro atoms. The first kappa shape index (κ1) is 20.8. The largest absolute Gasteiger partial charge is 0.378 e. The fourth-order valence-electron chi connectivity index (χ4n) is 4.30. The topological polar surface area (TPSA) is 58.6 Å². The van der Waals surface area contributed by atoms with Crippen LogP contribution >= 0.6 is 0 Å². The second-order valence-electron chi connectivity index (χ2n) is 8.56. The lowest BCUT2D eigenvalue weighted by molar-refractivity contribution is -0.138. The zero-order chi connectivity index (χ0) is 21.1. The molecule has 1 saturated carbocycles. The SMILES string of the molecule is COCc1nc(C)nc(N2CCN(C(=O)C3CCC3)CC2)c1Cc1ccc(C)cc1. The maximum Gasteiger partial charge on any atom is 0.225 e. The molecule has 1 saturated heterocycles. The third kappa shape index (κ3) is 4.48. The maximum atomic E-state index is 12.6. The van der Waals surface area contributed by atoms with E-state index in [1.54, 1.807) is 7.11 Å². The molecule has 2 fully saturated rings. The molecule has 6 nitrogen and oxygen atoms in total. The third-order valence-corrected chi connectivity index (χ3v) is 6.31. The van der Waals surface area contributed by atoms with Crippen LogP contribution in [0.4, 0.5) is 5.82 Å². The first-order chi connectivity index (χ1) is 14.5. The Morgan fingerprint density at radius 3 is 2.37 bits per heavy atom. The normalized spacial score (nSPS) is 17.2. The molecular formula is C24H32N4O2. The molecule has 2 aliphatic rings. The van der Waals surface area contributed by atoms with Crippen LogP contribution in [0.15, 0.2) is 24.3 Å². The lowest BCUT2D eigenvalue weighted by atomic mass is 9.84. The molecule has 1 aliphatic carbocycles. The van der Waals surface area contributed by atoms with Gasteiger partial charge in [0.25, 0.3) is 0 Å². The highest BCUT2D eigenvalue weighted by Gasteiger charge is 2.32. The van der Waals surface area contributed by atoms with Crippen LogP contribution in [-0.4, -0.2) is 54.1 Å². The van der Waals surface area contributed by atoms with Crippen molar-refractivity contribution in [2.75, 3.05) is 38.2 Å². The van der Waals surface area contributed by atoms with Gasteiger partial charge >= 0.3 is 0 Å². The highest BCUT2D eigenvalue weighted by atomic mass is 16.5. The zero-order valence-corrected chi connectivity index (χ0v) is 18.4. The summed E-state index contributed by atoms with van der Waals surface area (Å²) in [5.74, 6) is 2.37. The molecule has 0 N–H and O–H groups in total. The average molecular weight is 409 g/mol. The second-order valence-corrected chi connectivity index (χ2v) is 8.56. The van der Waals surface area contributed by atoms with Crippen molar-refractivity contribution in [2.45, 2.75) is 46.1 Å². The highest BCUT2D eigenvalue weighted by Crippen LogP contribution is 2.30. The first-order valence-corrected chi connectivity index (χ1v) is 11.0. The number of nitrogens with zero attached hydrogens (tertiary/aromatic N) is 4. The minimum atomic E-state index is 0.267. The van der Waals surface area contributed by atoms with Gasteiger partial charge in [-0.1, -0.05) is 36.2 Å². The molecule has 6 heteroatoms. The number of benzene rings is 1. The van der Waals surface area contributed by atoms with E-state index in [9.17, 15) is 4.79 Å². The monoisotopic (exact) mass is 408 g/mol. The molecule has 1 aromatic heterocycles. The number of aromatic nitrogens is 2. The first-order valence-electron chi connectivity index (χ1n) is 11.0. The fourth-order valence-corrected chi connectivity index (χ4v) is 4.30. The molecular weight excluding hydrogens is 376 g/mol. The minimum absolute atomic E-state index is 0.267. The van der Waals surface area contributed by atoms with Crippen LogP contribution in [0.1, 0.15) is 47.5 Å². The van der Waals surface area contributed by atoms with Crippen molar-refractivity contribution in [2.24, 2.45) is 5.92 Å². The lowest BCUT2D eigenvalue weighted by Crippen LogP contribution is -2.51. The number of carbonyl (C=O) groups is 1. The van der Waals surface area contributed by atoms with E-state index < -0.39 is 0 Å². The summed E-state index contributed by atoms with van der Waals surface area (Å²) in [6.07, 6.45) is 4.09. The second kappa shape index (κ2) is 9.13. The van der Waals surface area contributed by atoms with Crippen molar-refractivity contribution < 1.29 is 9.53 Å². The van der Waals surface area contributed by atoms with Gasteiger partial charge < -0.3 is 14.5 Å². The Bertz CT molecular complexity index is 885. The summed E-state index contributed by atoms with van der Waals surface area (Å²) in [5.41, 5.74) is 4.58. The molecule has 0 radical (unpaired) electrons. The number of carbonyl (C=O) groups excluding carboxylic acids is 1. The number of aryl methyl sites for hydroxylation is 2. The van der Waals surface area contributed by atoms with Crippen molar-refractivity contribution in [3.05, 3.63) is 52.5 Å². The van der Waals surface area contributed by atoms with Gasteiger partial charge in [0.15, 0.2) is 0 Å². The van der Waals surface area contributed by atoms with Crippen molar-refractivity contribution in [1.82, 2.24) is 14.9 Å². The number of amides is 1. The Morgan fingerprint density at radius 1 is 1.07 bits per heavy atom. The molecule has 160 valence electrons. The minimum Gasteiger partial charge on any atom is -0.378 e. The van der Waals surface area contributed by atoms with Gasteiger partial charge in [-0.05, 0) is 32.3 Å². The Balaban J connectivity index is 1.57. The van der Waals surface area contributed by atoms with Gasteiger partial charge in [-0.2, -0.15) is 0 Å². The number of piperazine rings is 1. The van der Waals surface area contributed by atoms with Crippen LogP contribution < -0.4 is 4.90 Å². The maximum absolute atomic E-state index is 12.6. The van der Waals surface area contributed by atoms with Crippen LogP contribution in [-0.2, 0) is 22.6 Å². The Morgan fingerprint density at radius 2 is 1.77 bits per heavy atom. The zero-order valence-electron chi connectivity index (χ0n) is 18.4. The number of anilines is 1. The third-order valence-electron chi connectivity index (χ3n) is 6.31. The summed E-state index contributed by atoms with van der Waals surface area (Å²) < 4.78 is 5.45. The summed E-state index contributed by atoms with van der Waals surface area (Å²) in [6, 6.07) is 8.63. The van der Waals surface area contributed by atoms with Crippen molar-refractivity contribution in [1.29, 1.82) is 0 Å². The van der Waals surface area contributed by atoms with Gasteiger partial charge in [0.2, 0.25) is 5.91 Å². The van der Waals surface area contributed by atoms with Crippen molar-refractivity contribution in [3.8, 4) is 0 Å². The predicted molar refractivity (Wildman–Crippen MR) is 118 cm³/mol. The molecule has 4 rings (SSSR count). The van der Waals surface area contributed by atoms with Crippen LogP contribution in [0.25, 0.3) is 0 Å². The molecule has 1 aliphatic heterocycles. The fraction of sp³-hybridized carbons (Fsp3) is 0.542. The predicted octanol–water partition coefficient (Wildman–Crippen LogP) is 3.28. The van der Waals surface area contributed by atoms with Crippen molar-refractivity contribution >= 4 is 11.7 Å². The van der Waals surface area contributed by atoms with Gasteiger partial charge in [-0.25, -0.2) is 9.97 Å². The van der Waals surface area contributed by atoms with Gasteiger partial charge in [0.1, 0.15) is 11.6 Å². The smallest absolute Gasteiger partial charge is 0.225 e. The standard InChI is InChI=1S/C24H32N4O2/c1-17-7-9-19(10-8-17)15-21-22(16-30-3)25-18(2)26-23(21)27-11-13-28(14-12-27)24(29)20-5-4-6-20/h7-10,20H,4-6,11-16H2,1-3H3. The lowest BCUT2D eigenvalue weighted by Gasteiger charge is -2.39. The summed E-state index contributed by atoms with van der Waals surface area (Å²) in [7, 11) is 1.71. The Hall–Kier alpha value is -2.47.